The second-order valence-corrected chi connectivity index (χ2v) is 5.97. The fourth-order valence-corrected chi connectivity index (χ4v) is 2.58. The summed E-state index contributed by atoms with van der Waals surface area (Å²) in [5.41, 5.74) is 1.12. The summed E-state index contributed by atoms with van der Waals surface area (Å²) < 4.78 is 10.9. The Labute approximate surface area is 156 Å². The summed E-state index contributed by atoms with van der Waals surface area (Å²) in [4.78, 5) is 35.9. The highest BCUT2D eigenvalue weighted by Crippen LogP contribution is 2.31. The second-order valence-electron chi connectivity index (χ2n) is 5.97. The first-order valence-electron chi connectivity index (χ1n) is 8.66. The van der Waals surface area contributed by atoms with Crippen molar-refractivity contribution in [2.45, 2.75) is 12.8 Å². The number of nitrogens with one attached hydrogen (secondary N) is 2. The van der Waals surface area contributed by atoms with Crippen LogP contribution in [0.5, 0.6) is 11.5 Å². The largest absolute Gasteiger partial charge is 0.486 e. The van der Waals surface area contributed by atoms with Gasteiger partial charge in [-0.15, -0.1) is 0 Å². The van der Waals surface area contributed by atoms with Gasteiger partial charge in [-0.3, -0.25) is 14.4 Å². The van der Waals surface area contributed by atoms with Gasteiger partial charge in [-0.1, -0.05) is 18.2 Å². The maximum atomic E-state index is 12.3. The van der Waals surface area contributed by atoms with E-state index in [0.29, 0.717) is 36.0 Å². The van der Waals surface area contributed by atoms with Crippen LogP contribution in [0, 0.1) is 0 Å². The molecule has 0 aliphatic carbocycles. The molecular weight excluding hydrogens is 348 g/mol. The summed E-state index contributed by atoms with van der Waals surface area (Å²) in [7, 11) is 0. The molecule has 0 unspecified atom stereocenters. The van der Waals surface area contributed by atoms with Crippen LogP contribution in [0.3, 0.4) is 0 Å². The molecule has 7 nitrogen and oxygen atoms in total. The third-order valence-corrected chi connectivity index (χ3v) is 3.95. The summed E-state index contributed by atoms with van der Waals surface area (Å²) in [6.07, 6.45) is 0.0532. The standard InChI is InChI=1S/C20H20N2O5/c23-16(14-6-8-17-18(12-14)27-11-10-26-17)7-9-19(24)21-13-20(25)22-15-4-2-1-3-5-15/h1-6,8,12H,7,9-11,13H2,(H,21,24)(H,22,25). The molecule has 140 valence electrons. The molecular formula is C20H20N2O5. The smallest absolute Gasteiger partial charge is 0.243 e. The minimum absolute atomic E-state index is 0.00585. The highest BCUT2D eigenvalue weighted by molar-refractivity contribution is 5.99. The van der Waals surface area contributed by atoms with Gasteiger partial charge in [-0.05, 0) is 30.3 Å². The Hall–Kier alpha value is -3.35. The van der Waals surface area contributed by atoms with E-state index in [4.69, 9.17) is 9.47 Å². The van der Waals surface area contributed by atoms with E-state index in [-0.39, 0.29) is 37.0 Å². The second kappa shape index (κ2) is 8.84. The first kappa shape index (κ1) is 18.4. The topological polar surface area (TPSA) is 93.7 Å². The number of carbonyl (C=O) groups is 3. The van der Waals surface area contributed by atoms with Gasteiger partial charge in [0.1, 0.15) is 13.2 Å². The van der Waals surface area contributed by atoms with Gasteiger partial charge in [0.2, 0.25) is 11.8 Å². The number of ketones is 1. The molecule has 0 spiro atoms. The van der Waals surface area contributed by atoms with Crippen molar-refractivity contribution < 1.29 is 23.9 Å². The number of ether oxygens (including phenoxy) is 2. The van der Waals surface area contributed by atoms with E-state index in [0.717, 1.165) is 0 Å². The van der Waals surface area contributed by atoms with Crippen LogP contribution in [0.4, 0.5) is 5.69 Å². The summed E-state index contributed by atoms with van der Waals surface area (Å²) in [5, 5.41) is 5.18. The lowest BCUT2D eigenvalue weighted by Crippen LogP contribution is -2.33. The molecule has 0 bridgehead atoms. The number of hydrogen-bond donors (Lipinski definition) is 2. The third-order valence-electron chi connectivity index (χ3n) is 3.95. The molecule has 2 amide bonds. The molecule has 2 aromatic rings. The first-order chi connectivity index (χ1) is 13.1. The molecule has 0 radical (unpaired) electrons. The zero-order valence-corrected chi connectivity index (χ0v) is 14.7. The van der Waals surface area contributed by atoms with Gasteiger partial charge in [-0.25, -0.2) is 0 Å². The highest BCUT2D eigenvalue weighted by atomic mass is 16.6. The van der Waals surface area contributed by atoms with Crippen LogP contribution < -0.4 is 20.1 Å². The lowest BCUT2D eigenvalue weighted by molar-refractivity contribution is -0.124. The van der Waals surface area contributed by atoms with Crippen molar-refractivity contribution in [1.29, 1.82) is 0 Å². The van der Waals surface area contributed by atoms with Crippen molar-refractivity contribution in [2.75, 3.05) is 25.1 Å². The predicted molar refractivity (Wildman–Crippen MR) is 99.1 cm³/mol. The predicted octanol–water partition coefficient (Wildman–Crippen LogP) is 2.18. The molecule has 0 saturated carbocycles. The van der Waals surface area contributed by atoms with Crippen LogP contribution >= 0.6 is 0 Å². The van der Waals surface area contributed by atoms with E-state index < -0.39 is 0 Å². The molecule has 1 heterocycles. The van der Waals surface area contributed by atoms with E-state index in [1.165, 1.54) is 0 Å². The molecule has 0 aromatic heterocycles. The van der Waals surface area contributed by atoms with Crippen LogP contribution in [-0.2, 0) is 9.59 Å². The third kappa shape index (κ3) is 5.31. The van der Waals surface area contributed by atoms with Crippen molar-refractivity contribution in [3.8, 4) is 11.5 Å². The molecule has 0 saturated heterocycles. The van der Waals surface area contributed by atoms with Crippen LogP contribution in [0.2, 0.25) is 0 Å². The molecule has 27 heavy (non-hydrogen) atoms. The Kier molecular flexibility index (Phi) is 6.04. The average molecular weight is 368 g/mol. The minimum Gasteiger partial charge on any atom is -0.486 e. The van der Waals surface area contributed by atoms with Gasteiger partial charge in [0.05, 0.1) is 6.54 Å². The Morgan fingerprint density at radius 1 is 0.852 bits per heavy atom. The Bertz CT molecular complexity index is 836. The van der Waals surface area contributed by atoms with E-state index in [1.807, 2.05) is 6.07 Å². The van der Waals surface area contributed by atoms with E-state index in [1.54, 1.807) is 42.5 Å². The van der Waals surface area contributed by atoms with Gasteiger partial charge in [0, 0.05) is 24.1 Å². The van der Waals surface area contributed by atoms with Gasteiger partial charge < -0.3 is 20.1 Å². The number of amides is 2. The van der Waals surface area contributed by atoms with Crippen LogP contribution in [0.1, 0.15) is 23.2 Å². The Morgan fingerprint density at radius 3 is 2.37 bits per heavy atom. The fraction of sp³-hybridized carbons (Fsp3) is 0.250. The number of anilines is 1. The Balaban J connectivity index is 1.42. The number of para-hydroxylation sites is 1. The number of Topliss-reactive ketones (excluding diaryl/α,β-unsaturated/α-hetero) is 1. The van der Waals surface area contributed by atoms with Crippen molar-refractivity contribution >= 4 is 23.3 Å². The molecule has 1 aliphatic rings. The Morgan fingerprint density at radius 2 is 1.59 bits per heavy atom. The summed E-state index contributed by atoms with van der Waals surface area (Å²) in [6.45, 7) is 0.780. The lowest BCUT2D eigenvalue weighted by atomic mass is 10.1. The molecule has 2 aromatic carbocycles. The van der Waals surface area contributed by atoms with E-state index in [2.05, 4.69) is 10.6 Å². The van der Waals surface area contributed by atoms with Crippen molar-refractivity contribution in [3.05, 3.63) is 54.1 Å². The van der Waals surface area contributed by atoms with Crippen LogP contribution in [0.15, 0.2) is 48.5 Å². The number of fused-ring (bicyclic) bond motifs is 1. The first-order valence-corrected chi connectivity index (χ1v) is 8.66. The molecule has 1 aliphatic heterocycles. The van der Waals surface area contributed by atoms with Gasteiger partial charge in [0.15, 0.2) is 17.3 Å². The summed E-state index contributed by atoms with van der Waals surface area (Å²) >= 11 is 0. The van der Waals surface area contributed by atoms with Gasteiger partial charge in [0.25, 0.3) is 0 Å². The van der Waals surface area contributed by atoms with E-state index >= 15 is 0 Å². The molecule has 2 N–H and O–H groups in total. The highest BCUT2D eigenvalue weighted by Gasteiger charge is 2.16. The molecule has 7 heteroatoms. The maximum absolute atomic E-state index is 12.3. The SMILES string of the molecule is O=C(CCC(=O)c1ccc2c(c1)OCCO2)NCC(=O)Nc1ccccc1. The van der Waals surface area contributed by atoms with E-state index in [9.17, 15) is 14.4 Å². The lowest BCUT2D eigenvalue weighted by Gasteiger charge is -2.18. The summed E-state index contributed by atoms with van der Waals surface area (Å²) in [6, 6.07) is 13.9. The number of carbonyl (C=O) groups excluding carboxylic acids is 3. The monoisotopic (exact) mass is 368 g/mol. The van der Waals surface area contributed by atoms with Crippen molar-refractivity contribution in [1.82, 2.24) is 5.32 Å². The molecule has 3 rings (SSSR count). The maximum Gasteiger partial charge on any atom is 0.243 e. The van der Waals surface area contributed by atoms with Crippen molar-refractivity contribution in [3.63, 3.8) is 0 Å². The zero-order valence-electron chi connectivity index (χ0n) is 14.7. The van der Waals surface area contributed by atoms with Gasteiger partial charge >= 0.3 is 0 Å². The number of hydrogen-bond acceptors (Lipinski definition) is 5. The quantitative estimate of drug-likeness (QED) is 0.731. The normalized spacial score (nSPS) is 12.1. The minimum atomic E-state index is -0.357. The number of benzene rings is 2. The molecule has 0 atom stereocenters. The van der Waals surface area contributed by atoms with Crippen LogP contribution in [-0.4, -0.2) is 37.4 Å². The molecule has 0 fully saturated rings. The average Bonchev–Trinajstić information content (AvgIpc) is 2.71. The summed E-state index contributed by atoms with van der Waals surface area (Å²) in [5.74, 6) is 0.293. The fourth-order valence-electron chi connectivity index (χ4n) is 2.58. The van der Waals surface area contributed by atoms with Crippen molar-refractivity contribution in [2.24, 2.45) is 0 Å². The number of rotatable bonds is 7. The zero-order chi connectivity index (χ0) is 19.1. The van der Waals surface area contributed by atoms with Crippen LogP contribution in [0.25, 0.3) is 0 Å². The van der Waals surface area contributed by atoms with Gasteiger partial charge in [-0.2, -0.15) is 0 Å².